The number of carbonyl (C=O) groups excluding carboxylic acids is 1. The molecular weight excluding hydrogens is 340 g/mol. The van der Waals surface area contributed by atoms with Gasteiger partial charge in [0.05, 0.1) is 20.3 Å². The van der Waals surface area contributed by atoms with E-state index in [1.165, 1.54) is 5.39 Å². The SMILES string of the molecule is COc1cccc(OC)c1C(=O)N1CCCCC1c1cc2ccccc2[nH]1. The molecule has 4 rings (SSSR count). The van der Waals surface area contributed by atoms with Crippen LogP contribution in [0.5, 0.6) is 11.5 Å². The van der Waals surface area contributed by atoms with Crippen molar-refractivity contribution in [2.24, 2.45) is 0 Å². The number of para-hydroxylation sites is 1. The number of hydrogen-bond donors (Lipinski definition) is 1. The molecule has 0 spiro atoms. The number of nitrogens with zero attached hydrogens (tertiary/aromatic N) is 1. The van der Waals surface area contributed by atoms with Crippen LogP contribution in [0.4, 0.5) is 0 Å². The normalized spacial score (nSPS) is 17.1. The molecule has 1 unspecified atom stereocenters. The third-order valence-corrected chi connectivity index (χ3v) is 5.32. The first-order valence-electron chi connectivity index (χ1n) is 9.32. The van der Waals surface area contributed by atoms with Crippen LogP contribution in [0.3, 0.4) is 0 Å². The van der Waals surface area contributed by atoms with Gasteiger partial charge in [0.1, 0.15) is 17.1 Å². The molecule has 140 valence electrons. The molecule has 1 aliphatic rings. The summed E-state index contributed by atoms with van der Waals surface area (Å²) in [6.45, 7) is 0.722. The third kappa shape index (κ3) is 3.14. The molecule has 1 saturated heterocycles. The van der Waals surface area contributed by atoms with Crippen LogP contribution >= 0.6 is 0 Å². The molecule has 0 radical (unpaired) electrons. The molecule has 5 heteroatoms. The van der Waals surface area contributed by atoms with Gasteiger partial charge in [-0.25, -0.2) is 0 Å². The minimum atomic E-state index is -0.0485. The van der Waals surface area contributed by atoms with Crippen LogP contribution in [0.25, 0.3) is 10.9 Å². The van der Waals surface area contributed by atoms with Gasteiger partial charge in [-0.2, -0.15) is 0 Å². The zero-order valence-corrected chi connectivity index (χ0v) is 15.7. The highest BCUT2D eigenvalue weighted by atomic mass is 16.5. The van der Waals surface area contributed by atoms with Crippen molar-refractivity contribution in [3.8, 4) is 11.5 Å². The van der Waals surface area contributed by atoms with Gasteiger partial charge in [-0.3, -0.25) is 4.79 Å². The van der Waals surface area contributed by atoms with Crippen molar-refractivity contribution in [2.45, 2.75) is 25.3 Å². The molecule has 1 aromatic heterocycles. The lowest BCUT2D eigenvalue weighted by Crippen LogP contribution is -2.39. The number of aromatic amines is 1. The van der Waals surface area contributed by atoms with Crippen molar-refractivity contribution in [3.05, 3.63) is 59.8 Å². The summed E-state index contributed by atoms with van der Waals surface area (Å²) in [6.07, 6.45) is 3.04. The summed E-state index contributed by atoms with van der Waals surface area (Å²) in [4.78, 5) is 19.0. The zero-order chi connectivity index (χ0) is 18.8. The lowest BCUT2D eigenvalue weighted by Gasteiger charge is -2.36. The number of methoxy groups -OCH3 is 2. The summed E-state index contributed by atoms with van der Waals surface area (Å²) in [7, 11) is 3.16. The monoisotopic (exact) mass is 364 g/mol. The van der Waals surface area contributed by atoms with Crippen LogP contribution in [-0.4, -0.2) is 36.6 Å². The highest BCUT2D eigenvalue weighted by Crippen LogP contribution is 2.37. The van der Waals surface area contributed by atoms with E-state index in [-0.39, 0.29) is 11.9 Å². The van der Waals surface area contributed by atoms with Crippen molar-refractivity contribution < 1.29 is 14.3 Å². The fourth-order valence-corrected chi connectivity index (χ4v) is 3.98. The molecule has 0 aliphatic carbocycles. The Kier molecular flexibility index (Phi) is 4.75. The van der Waals surface area contributed by atoms with Gasteiger partial charge in [0.15, 0.2) is 0 Å². The second-order valence-electron chi connectivity index (χ2n) is 6.86. The fourth-order valence-electron chi connectivity index (χ4n) is 3.98. The summed E-state index contributed by atoms with van der Waals surface area (Å²) >= 11 is 0. The van der Waals surface area contributed by atoms with Gasteiger partial charge in [-0.1, -0.05) is 24.3 Å². The number of nitrogens with one attached hydrogen (secondary N) is 1. The number of fused-ring (bicyclic) bond motifs is 1. The zero-order valence-electron chi connectivity index (χ0n) is 15.7. The van der Waals surface area contributed by atoms with E-state index in [9.17, 15) is 4.79 Å². The summed E-state index contributed by atoms with van der Waals surface area (Å²) in [5.41, 5.74) is 2.67. The Morgan fingerprint density at radius 1 is 1.04 bits per heavy atom. The molecule has 1 atom stereocenters. The smallest absolute Gasteiger partial charge is 0.261 e. The van der Waals surface area contributed by atoms with Gasteiger partial charge >= 0.3 is 0 Å². The fraction of sp³-hybridized carbons (Fsp3) is 0.318. The molecule has 2 heterocycles. The van der Waals surface area contributed by atoms with E-state index in [0.29, 0.717) is 17.1 Å². The van der Waals surface area contributed by atoms with Crippen LogP contribution in [-0.2, 0) is 0 Å². The Balaban J connectivity index is 1.74. The Bertz CT molecular complexity index is 908. The van der Waals surface area contributed by atoms with Gasteiger partial charge in [0.2, 0.25) is 0 Å². The van der Waals surface area contributed by atoms with Crippen molar-refractivity contribution in [2.75, 3.05) is 20.8 Å². The van der Waals surface area contributed by atoms with E-state index in [0.717, 1.165) is 37.0 Å². The predicted octanol–water partition coefficient (Wildman–Crippen LogP) is 4.55. The van der Waals surface area contributed by atoms with Crippen molar-refractivity contribution in [1.82, 2.24) is 9.88 Å². The quantitative estimate of drug-likeness (QED) is 0.739. The number of rotatable bonds is 4. The molecule has 5 nitrogen and oxygen atoms in total. The maximum atomic E-state index is 13.5. The number of aromatic nitrogens is 1. The standard InChI is InChI=1S/C22H24N2O3/c1-26-19-11-7-12-20(27-2)21(19)22(25)24-13-6-5-10-18(24)17-14-15-8-3-4-9-16(15)23-17/h3-4,7-9,11-12,14,18,23H,5-6,10,13H2,1-2H3. The first-order chi connectivity index (χ1) is 13.2. The van der Waals surface area contributed by atoms with Crippen molar-refractivity contribution >= 4 is 16.8 Å². The van der Waals surface area contributed by atoms with Crippen LogP contribution in [0.15, 0.2) is 48.5 Å². The number of H-pyrrole nitrogens is 1. The number of amides is 1. The first kappa shape index (κ1) is 17.5. The molecule has 27 heavy (non-hydrogen) atoms. The van der Waals surface area contributed by atoms with Gasteiger partial charge in [-0.15, -0.1) is 0 Å². The number of hydrogen-bond acceptors (Lipinski definition) is 3. The van der Waals surface area contributed by atoms with Gasteiger partial charge in [0, 0.05) is 17.8 Å². The molecule has 3 aromatic rings. The van der Waals surface area contributed by atoms with E-state index >= 15 is 0 Å². The van der Waals surface area contributed by atoms with Crippen molar-refractivity contribution in [3.63, 3.8) is 0 Å². The van der Waals surface area contributed by atoms with Gasteiger partial charge in [-0.05, 0) is 48.9 Å². The Hall–Kier alpha value is -2.95. The van der Waals surface area contributed by atoms with Crippen LogP contribution in [0.2, 0.25) is 0 Å². The Morgan fingerprint density at radius 3 is 2.48 bits per heavy atom. The summed E-state index contributed by atoms with van der Waals surface area (Å²) in [5, 5.41) is 1.17. The topological polar surface area (TPSA) is 54.6 Å². The Labute approximate surface area is 158 Å². The minimum Gasteiger partial charge on any atom is -0.496 e. The molecule has 1 N–H and O–H groups in total. The lowest BCUT2D eigenvalue weighted by atomic mass is 9.97. The Morgan fingerprint density at radius 2 is 1.78 bits per heavy atom. The number of likely N-dealkylation sites (tertiary alicyclic amines) is 1. The number of carbonyl (C=O) groups is 1. The van der Waals surface area contributed by atoms with E-state index in [1.807, 2.05) is 23.1 Å². The lowest BCUT2D eigenvalue weighted by molar-refractivity contribution is 0.0600. The second kappa shape index (κ2) is 7.35. The summed E-state index contributed by atoms with van der Waals surface area (Å²) in [6, 6.07) is 15.8. The third-order valence-electron chi connectivity index (χ3n) is 5.32. The molecular formula is C22H24N2O3. The average Bonchev–Trinajstić information content (AvgIpc) is 3.16. The summed E-state index contributed by atoms with van der Waals surface area (Å²) < 4.78 is 10.9. The molecule has 0 saturated carbocycles. The average molecular weight is 364 g/mol. The first-order valence-corrected chi connectivity index (χ1v) is 9.32. The molecule has 1 aliphatic heterocycles. The largest absolute Gasteiger partial charge is 0.496 e. The van der Waals surface area contributed by atoms with Crippen LogP contribution in [0.1, 0.15) is 41.4 Å². The van der Waals surface area contributed by atoms with E-state index in [4.69, 9.17) is 9.47 Å². The van der Waals surface area contributed by atoms with Gasteiger partial charge in [0.25, 0.3) is 5.91 Å². The van der Waals surface area contributed by atoms with E-state index in [1.54, 1.807) is 26.4 Å². The maximum absolute atomic E-state index is 13.5. The minimum absolute atomic E-state index is 0.0215. The van der Waals surface area contributed by atoms with E-state index in [2.05, 4.69) is 23.2 Å². The molecule has 2 aromatic carbocycles. The number of piperidine rings is 1. The highest BCUT2D eigenvalue weighted by molar-refractivity contribution is 6.00. The molecule has 1 fully saturated rings. The van der Waals surface area contributed by atoms with E-state index < -0.39 is 0 Å². The van der Waals surface area contributed by atoms with Gasteiger partial charge < -0.3 is 19.4 Å². The van der Waals surface area contributed by atoms with Crippen molar-refractivity contribution in [1.29, 1.82) is 0 Å². The molecule has 1 amide bonds. The highest BCUT2D eigenvalue weighted by Gasteiger charge is 2.32. The predicted molar refractivity (Wildman–Crippen MR) is 105 cm³/mol. The maximum Gasteiger partial charge on any atom is 0.261 e. The number of benzene rings is 2. The molecule has 0 bridgehead atoms. The van der Waals surface area contributed by atoms with Crippen LogP contribution in [0, 0.1) is 0 Å². The second-order valence-corrected chi connectivity index (χ2v) is 6.86. The summed E-state index contributed by atoms with van der Waals surface area (Å²) in [5.74, 6) is 1.04. The number of ether oxygens (including phenoxy) is 2. The van der Waals surface area contributed by atoms with Crippen LogP contribution < -0.4 is 9.47 Å².